The second-order valence-electron chi connectivity index (χ2n) is 2.72. The largest absolute Gasteiger partial charge is 0.507 e. The molecule has 1 aromatic rings. The Morgan fingerprint density at radius 3 is 2.73 bits per heavy atom. The standard InChI is InChI=1S/C10H11BrO4/c1-3-15-9-5-8(12)7(11)4-6(9)10(13)14-2/h4-5,12H,3H2,1-2H3. The molecule has 15 heavy (non-hydrogen) atoms. The molecule has 1 N–H and O–H groups in total. The highest BCUT2D eigenvalue weighted by Gasteiger charge is 2.15. The van der Waals surface area contributed by atoms with Crippen LogP contribution in [0.4, 0.5) is 0 Å². The number of rotatable bonds is 3. The van der Waals surface area contributed by atoms with Gasteiger partial charge in [-0.15, -0.1) is 0 Å². The summed E-state index contributed by atoms with van der Waals surface area (Å²) in [5, 5.41) is 9.43. The summed E-state index contributed by atoms with van der Waals surface area (Å²) in [5.41, 5.74) is 0.282. The van der Waals surface area contributed by atoms with Crippen molar-refractivity contribution in [2.24, 2.45) is 0 Å². The third-order valence-electron chi connectivity index (χ3n) is 1.75. The van der Waals surface area contributed by atoms with E-state index < -0.39 is 5.97 Å². The molecule has 82 valence electrons. The number of esters is 1. The highest BCUT2D eigenvalue weighted by Crippen LogP contribution is 2.32. The molecule has 1 aromatic carbocycles. The highest BCUT2D eigenvalue weighted by atomic mass is 79.9. The van der Waals surface area contributed by atoms with Crippen LogP contribution in [0.3, 0.4) is 0 Å². The number of hydrogen-bond acceptors (Lipinski definition) is 4. The van der Waals surface area contributed by atoms with E-state index in [1.54, 1.807) is 6.92 Å². The Kier molecular flexibility index (Phi) is 3.96. The van der Waals surface area contributed by atoms with Crippen molar-refractivity contribution >= 4 is 21.9 Å². The molecule has 0 aliphatic heterocycles. The van der Waals surface area contributed by atoms with Gasteiger partial charge in [0.2, 0.25) is 0 Å². The zero-order valence-corrected chi connectivity index (χ0v) is 10.00. The third kappa shape index (κ3) is 2.62. The van der Waals surface area contributed by atoms with Crippen LogP contribution in [0.1, 0.15) is 17.3 Å². The molecule has 0 heterocycles. The second-order valence-corrected chi connectivity index (χ2v) is 3.58. The molecular weight excluding hydrogens is 264 g/mol. The number of hydrogen-bond donors (Lipinski definition) is 1. The molecule has 0 fully saturated rings. The highest BCUT2D eigenvalue weighted by molar-refractivity contribution is 9.10. The number of methoxy groups -OCH3 is 1. The van der Waals surface area contributed by atoms with E-state index in [0.717, 1.165) is 0 Å². The van der Waals surface area contributed by atoms with Gasteiger partial charge in [0, 0.05) is 6.07 Å². The van der Waals surface area contributed by atoms with Crippen molar-refractivity contribution in [1.29, 1.82) is 0 Å². The van der Waals surface area contributed by atoms with Gasteiger partial charge in [-0.05, 0) is 28.9 Å². The molecule has 0 radical (unpaired) electrons. The van der Waals surface area contributed by atoms with Gasteiger partial charge in [0.15, 0.2) is 0 Å². The Morgan fingerprint density at radius 1 is 1.53 bits per heavy atom. The lowest BCUT2D eigenvalue weighted by molar-refractivity contribution is 0.0596. The average Bonchev–Trinajstić information content (AvgIpc) is 2.22. The van der Waals surface area contributed by atoms with Crippen LogP contribution in [0.25, 0.3) is 0 Å². The Balaban J connectivity index is 3.21. The number of benzene rings is 1. The van der Waals surface area contributed by atoms with Crippen LogP contribution in [0.5, 0.6) is 11.5 Å². The molecule has 0 aromatic heterocycles. The van der Waals surface area contributed by atoms with E-state index >= 15 is 0 Å². The number of halogens is 1. The summed E-state index contributed by atoms with van der Waals surface area (Å²) in [4.78, 5) is 11.4. The number of carbonyl (C=O) groups excluding carboxylic acids is 1. The van der Waals surface area contributed by atoms with E-state index in [9.17, 15) is 9.90 Å². The van der Waals surface area contributed by atoms with Crippen LogP contribution >= 0.6 is 15.9 Å². The van der Waals surface area contributed by atoms with Crippen LogP contribution in [0.2, 0.25) is 0 Å². The molecule has 0 atom stereocenters. The maximum Gasteiger partial charge on any atom is 0.341 e. The van der Waals surface area contributed by atoms with Crippen LogP contribution in [0.15, 0.2) is 16.6 Å². The minimum Gasteiger partial charge on any atom is -0.507 e. The number of aromatic hydroxyl groups is 1. The molecule has 0 unspecified atom stereocenters. The molecular formula is C10H11BrO4. The van der Waals surface area contributed by atoms with Crippen molar-refractivity contribution in [1.82, 2.24) is 0 Å². The van der Waals surface area contributed by atoms with Gasteiger partial charge in [-0.2, -0.15) is 0 Å². The third-order valence-corrected chi connectivity index (χ3v) is 2.39. The summed E-state index contributed by atoms with van der Waals surface area (Å²) in [5.74, 6) is -0.171. The molecule has 5 heteroatoms. The zero-order chi connectivity index (χ0) is 11.4. The summed E-state index contributed by atoms with van der Waals surface area (Å²) >= 11 is 3.12. The Labute approximate surface area is 95.9 Å². The summed E-state index contributed by atoms with van der Waals surface area (Å²) in [6.07, 6.45) is 0. The molecule has 0 bridgehead atoms. The number of phenolic OH excluding ortho intramolecular Hbond substituents is 1. The number of carbonyl (C=O) groups is 1. The van der Waals surface area contributed by atoms with Crippen molar-refractivity contribution < 1.29 is 19.4 Å². The lowest BCUT2D eigenvalue weighted by Crippen LogP contribution is -2.05. The summed E-state index contributed by atoms with van der Waals surface area (Å²) in [6.45, 7) is 2.20. The molecule has 4 nitrogen and oxygen atoms in total. The molecule has 0 saturated heterocycles. The van der Waals surface area contributed by atoms with Gasteiger partial charge in [0.05, 0.1) is 18.2 Å². The SMILES string of the molecule is CCOc1cc(O)c(Br)cc1C(=O)OC. The van der Waals surface area contributed by atoms with Gasteiger partial charge < -0.3 is 14.6 Å². The summed E-state index contributed by atoms with van der Waals surface area (Å²) in [7, 11) is 1.29. The fraction of sp³-hybridized carbons (Fsp3) is 0.300. The van der Waals surface area contributed by atoms with Crippen LogP contribution < -0.4 is 4.74 Å². The van der Waals surface area contributed by atoms with Crippen molar-refractivity contribution in [2.45, 2.75) is 6.92 Å². The Bertz CT molecular complexity index is 376. The summed E-state index contributed by atoms with van der Waals surface area (Å²) in [6, 6.07) is 2.84. The zero-order valence-electron chi connectivity index (χ0n) is 8.41. The van der Waals surface area contributed by atoms with Crippen LogP contribution in [-0.2, 0) is 4.74 Å². The van der Waals surface area contributed by atoms with E-state index in [-0.39, 0.29) is 11.3 Å². The quantitative estimate of drug-likeness (QED) is 0.860. The van der Waals surface area contributed by atoms with Crippen LogP contribution in [0, 0.1) is 0 Å². The first kappa shape index (κ1) is 11.8. The number of phenols is 1. The Hall–Kier alpha value is -1.23. The van der Waals surface area contributed by atoms with Gasteiger partial charge in [-0.3, -0.25) is 0 Å². The first-order valence-corrected chi connectivity index (χ1v) is 5.13. The van der Waals surface area contributed by atoms with Gasteiger partial charge >= 0.3 is 5.97 Å². The van der Waals surface area contributed by atoms with E-state index in [0.29, 0.717) is 16.8 Å². The smallest absolute Gasteiger partial charge is 0.341 e. The fourth-order valence-electron chi connectivity index (χ4n) is 1.09. The first-order chi connectivity index (χ1) is 7.10. The van der Waals surface area contributed by atoms with E-state index in [1.165, 1.54) is 19.2 Å². The molecule has 0 amide bonds. The van der Waals surface area contributed by atoms with E-state index in [2.05, 4.69) is 20.7 Å². The molecule has 0 saturated carbocycles. The normalized spacial score (nSPS) is 9.80. The van der Waals surface area contributed by atoms with Gasteiger partial charge in [0.25, 0.3) is 0 Å². The minimum atomic E-state index is -0.501. The van der Waals surface area contributed by atoms with Gasteiger partial charge in [0.1, 0.15) is 17.1 Å². The van der Waals surface area contributed by atoms with Crippen molar-refractivity contribution in [2.75, 3.05) is 13.7 Å². The predicted molar refractivity (Wildman–Crippen MR) is 58.3 cm³/mol. The van der Waals surface area contributed by atoms with Crippen molar-refractivity contribution in [3.63, 3.8) is 0 Å². The van der Waals surface area contributed by atoms with Crippen molar-refractivity contribution in [3.8, 4) is 11.5 Å². The van der Waals surface area contributed by atoms with Crippen LogP contribution in [-0.4, -0.2) is 24.8 Å². The second kappa shape index (κ2) is 5.02. The lowest BCUT2D eigenvalue weighted by atomic mass is 10.2. The molecule has 0 aliphatic carbocycles. The molecule has 1 rings (SSSR count). The first-order valence-electron chi connectivity index (χ1n) is 4.33. The monoisotopic (exact) mass is 274 g/mol. The topological polar surface area (TPSA) is 55.8 Å². The fourth-order valence-corrected chi connectivity index (χ4v) is 1.43. The van der Waals surface area contributed by atoms with E-state index in [4.69, 9.17) is 4.74 Å². The van der Waals surface area contributed by atoms with Crippen molar-refractivity contribution in [3.05, 3.63) is 22.2 Å². The Morgan fingerprint density at radius 2 is 2.20 bits per heavy atom. The summed E-state index contributed by atoms with van der Waals surface area (Å²) < 4.78 is 10.2. The van der Waals surface area contributed by atoms with E-state index in [1.807, 2.05) is 0 Å². The molecule has 0 aliphatic rings. The molecule has 0 spiro atoms. The maximum atomic E-state index is 11.4. The minimum absolute atomic E-state index is 0.0195. The van der Waals surface area contributed by atoms with Gasteiger partial charge in [-0.1, -0.05) is 0 Å². The maximum absolute atomic E-state index is 11.4. The van der Waals surface area contributed by atoms with Gasteiger partial charge in [-0.25, -0.2) is 4.79 Å². The predicted octanol–water partition coefficient (Wildman–Crippen LogP) is 2.34. The number of ether oxygens (including phenoxy) is 2. The average molecular weight is 275 g/mol. The lowest BCUT2D eigenvalue weighted by Gasteiger charge is -2.09.